The van der Waals surface area contributed by atoms with Crippen LogP contribution in [0.5, 0.6) is 5.75 Å². The molecule has 0 aliphatic rings. The Hall–Kier alpha value is -1.99. The fourth-order valence-corrected chi connectivity index (χ4v) is 1.20. The van der Waals surface area contributed by atoms with Crippen LogP contribution in [0.3, 0.4) is 0 Å². The minimum Gasteiger partial charge on any atom is -0.505 e. The number of carbonyl (C=O) groups excluding carboxylic acids is 1. The van der Waals surface area contributed by atoms with Crippen molar-refractivity contribution in [2.45, 2.75) is 19.4 Å². The maximum absolute atomic E-state index is 11.5. The first-order chi connectivity index (χ1) is 7.56. The van der Waals surface area contributed by atoms with Crippen LogP contribution in [0.25, 0.3) is 0 Å². The summed E-state index contributed by atoms with van der Waals surface area (Å²) >= 11 is 0. The summed E-state index contributed by atoms with van der Waals surface area (Å²) in [4.78, 5) is 11.5. The zero-order chi connectivity index (χ0) is 12.1. The number of aromatic hydroxyl groups is 1. The van der Waals surface area contributed by atoms with Crippen LogP contribution >= 0.6 is 0 Å². The third-order valence-corrected chi connectivity index (χ3v) is 2.17. The van der Waals surface area contributed by atoms with Crippen LogP contribution < -0.4 is 11.1 Å². The van der Waals surface area contributed by atoms with Gasteiger partial charge in [-0.1, -0.05) is 12.1 Å². The number of nitrogens with two attached hydrogens (primary N) is 1. The summed E-state index contributed by atoms with van der Waals surface area (Å²) in [6.07, 6.45) is 5.22. The molecule has 0 fully saturated rings. The average molecular weight is 218 g/mol. The van der Waals surface area contributed by atoms with Gasteiger partial charge in [0.1, 0.15) is 5.75 Å². The number of nitrogens with one attached hydrogen (secondary N) is 1. The predicted molar refractivity (Wildman–Crippen MR) is 62.9 cm³/mol. The van der Waals surface area contributed by atoms with Gasteiger partial charge in [0.25, 0.3) is 0 Å². The molecule has 4 heteroatoms. The summed E-state index contributed by atoms with van der Waals surface area (Å²) in [7, 11) is 0. The molecule has 1 unspecified atom stereocenters. The summed E-state index contributed by atoms with van der Waals surface area (Å²) in [5.74, 6) is 1.95. The van der Waals surface area contributed by atoms with Gasteiger partial charge in [-0.15, -0.1) is 12.3 Å². The fraction of sp³-hybridized carbons (Fsp3) is 0.250. The highest BCUT2D eigenvalue weighted by Gasteiger charge is 2.14. The number of phenols is 1. The van der Waals surface area contributed by atoms with Crippen molar-refractivity contribution >= 4 is 11.6 Å². The Kier molecular flexibility index (Phi) is 3.92. The molecular weight excluding hydrogens is 204 g/mol. The SMILES string of the molecule is C#CCC(N)C(=O)Nc1cccc(C)c1O. The van der Waals surface area contributed by atoms with Crippen molar-refractivity contribution in [3.63, 3.8) is 0 Å². The zero-order valence-corrected chi connectivity index (χ0v) is 9.03. The summed E-state index contributed by atoms with van der Waals surface area (Å²) in [6.45, 7) is 1.74. The van der Waals surface area contributed by atoms with E-state index in [-0.39, 0.29) is 12.2 Å². The van der Waals surface area contributed by atoms with Crippen LogP contribution in [-0.2, 0) is 4.79 Å². The molecule has 0 saturated carbocycles. The van der Waals surface area contributed by atoms with Crippen molar-refractivity contribution in [3.8, 4) is 18.1 Å². The van der Waals surface area contributed by atoms with Gasteiger partial charge in [-0.3, -0.25) is 4.79 Å². The maximum Gasteiger partial charge on any atom is 0.242 e. The molecule has 0 spiro atoms. The number of terminal acetylenes is 1. The first-order valence-electron chi connectivity index (χ1n) is 4.84. The average Bonchev–Trinajstić information content (AvgIpc) is 2.25. The Morgan fingerprint density at radius 2 is 2.38 bits per heavy atom. The Morgan fingerprint density at radius 3 is 3.00 bits per heavy atom. The lowest BCUT2D eigenvalue weighted by Gasteiger charge is -2.11. The lowest BCUT2D eigenvalue weighted by molar-refractivity contribution is -0.117. The highest BCUT2D eigenvalue weighted by molar-refractivity contribution is 5.96. The van der Waals surface area contributed by atoms with Gasteiger partial charge in [-0.25, -0.2) is 0 Å². The topological polar surface area (TPSA) is 75.4 Å². The minimum atomic E-state index is -0.759. The molecule has 0 radical (unpaired) electrons. The largest absolute Gasteiger partial charge is 0.505 e. The van der Waals surface area contributed by atoms with Crippen LogP contribution in [0.4, 0.5) is 5.69 Å². The third kappa shape index (κ3) is 2.75. The molecule has 1 amide bonds. The van der Waals surface area contributed by atoms with Crippen molar-refractivity contribution in [1.82, 2.24) is 0 Å². The van der Waals surface area contributed by atoms with Gasteiger partial charge in [0, 0.05) is 6.42 Å². The van der Waals surface area contributed by atoms with E-state index >= 15 is 0 Å². The van der Waals surface area contributed by atoms with Crippen LogP contribution in [-0.4, -0.2) is 17.1 Å². The van der Waals surface area contributed by atoms with E-state index < -0.39 is 11.9 Å². The molecule has 1 aromatic rings. The second-order valence-corrected chi connectivity index (χ2v) is 3.48. The van der Waals surface area contributed by atoms with Crippen molar-refractivity contribution in [3.05, 3.63) is 23.8 Å². The van der Waals surface area contributed by atoms with Gasteiger partial charge in [0.05, 0.1) is 11.7 Å². The molecule has 0 saturated heterocycles. The molecule has 0 aliphatic heterocycles. The Balaban J connectivity index is 2.78. The summed E-state index contributed by atoms with van der Waals surface area (Å²) in [5, 5.41) is 12.2. The lowest BCUT2D eigenvalue weighted by Crippen LogP contribution is -2.35. The van der Waals surface area contributed by atoms with Gasteiger partial charge in [-0.2, -0.15) is 0 Å². The standard InChI is InChI=1S/C12H14N2O2/c1-3-5-9(13)12(16)14-10-7-4-6-8(2)11(10)15/h1,4,6-7,9,15H,5,13H2,2H3,(H,14,16). The normalized spacial score (nSPS) is 11.6. The maximum atomic E-state index is 11.5. The van der Waals surface area contributed by atoms with E-state index in [1.807, 2.05) is 0 Å². The molecule has 0 aliphatic carbocycles. The first-order valence-corrected chi connectivity index (χ1v) is 4.84. The van der Waals surface area contributed by atoms with Crippen LogP contribution in [0.15, 0.2) is 18.2 Å². The molecule has 0 aromatic heterocycles. The van der Waals surface area contributed by atoms with Crippen LogP contribution in [0.2, 0.25) is 0 Å². The van der Waals surface area contributed by atoms with Crippen LogP contribution in [0.1, 0.15) is 12.0 Å². The zero-order valence-electron chi connectivity index (χ0n) is 9.03. The van der Waals surface area contributed by atoms with E-state index in [2.05, 4.69) is 11.2 Å². The molecule has 1 aromatic carbocycles. The quantitative estimate of drug-likeness (QED) is 0.523. The summed E-state index contributed by atoms with van der Waals surface area (Å²) in [6, 6.07) is 4.32. The number of anilines is 1. The van der Waals surface area contributed by atoms with Crippen molar-refractivity contribution in [1.29, 1.82) is 0 Å². The van der Waals surface area contributed by atoms with E-state index in [9.17, 15) is 9.90 Å². The Labute approximate surface area is 94.5 Å². The summed E-state index contributed by atoms with van der Waals surface area (Å²) in [5.41, 5.74) is 6.56. The highest BCUT2D eigenvalue weighted by Crippen LogP contribution is 2.26. The number of phenolic OH excluding ortho intramolecular Hbond substituents is 1. The second kappa shape index (κ2) is 5.19. The molecule has 4 nitrogen and oxygen atoms in total. The Morgan fingerprint density at radius 1 is 1.69 bits per heavy atom. The summed E-state index contributed by atoms with van der Waals surface area (Å²) < 4.78 is 0. The van der Waals surface area contributed by atoms with Gasteiger partial charge >= 0.3 is 0 Å². The van der Waals surface area contributed by atoms with E-state index in [1.165, 1.54) is 0 Å². The molecule has 1 rings (SSSR count). The van der Waals surface area contributed by atoms with E-state index in [0.717, 1.165) is 0 Å². The van der Waals surface area contributed by atoms with E-state index in [4.69, 9.17) is 12.2 Å². The van der Waals surface area contributed by atoms with Crippen molar-refractivity contribution < 1.29 is 9.90 Å². The van der Waals surface area contributed by atoms with Crippen LogP contribution in [0, 0.1) is 19.3 Å². The highest BCUT2D eigenvalue weighted by atomic mass is 16.3. The van der Waals surface area contributed by atoms with E-state index in [1.54, 1.807) is 25.1 Å². The molecule has 0 bridgehead atoms. The lowest BCUT2D eigenvalue weighted by atomic mass is 10.1. The molecule has 0 heterocycles. The van der Waals surface area contributed by atoms with E-state index in [0.29, 0.717) is 11.3 Å². The molecule has 84 valence electrons. The number of amides is 1. The predicted octanol–water partition coefficient (Wildman–Crippen LogP) is 0.990. The number of para-hydroxylation sites is 1. The number of hydrogen-bond acceptors (Lipinski definition) is 3. The third-order valence-electron chi connectivity index (χ3n) is 2.17. The van der Waals surface area contributed by atoms with Gasteiger partial charge in [0.15, 0.2) is 0 Å². The second-order valence-electron chi connectivity index (χ2n) is 3.48. The molecule has 16 heavy (non-hydrogen) atoms. The number of hydrogen-bond donors (Lipinski definition) is 3. The Bertz CT molecular complexity index is 435. The number of aryl methyl sites for hydroxylation is 1. The minimum absolute atomic E-state index is 0.0451. The number of carbonyl (C=O) groups is 1. The van der Waals surface area contributed by atoms with Crippen molar-refractivity contribution in [2.24, 2.45) is 5.73 Å². The number of rotatable bonds is 3. The van der Waals surface area contributed by atoms with Gasteiger partial charge < -0.3 is 16.2 Å². The monoisotopic (exact) mass is 218 g/mol. The molecule has 1 atom stereocenters. The van der Waals surface area contributed by atoms with Crippen molar-refractivity contribution in [2.75, 3.05) is 5.32 Å². The molecular formula is C12H14N2O2. The van der Waals surface area contributed by atoms with Gasteiger partial charge in [0.2, 0.25) is 5.91 Å². The number of benzene rings is 1. The van der Waals surface area contributed by atoms with Gasteiger partial charge in [-0.05, 0) is 18.6 Å². The molecule has 4 N–H and O–H groups in total. The fourth-order valence-electron chi connectivity index (χ4n) is 1.20. The smallest absolute Gasteiger partial charge is 0.242 e. The first kappa shape index (κ1) is 12.1.